The van der Waals surface area contributed by atoms with Crippen LogP contribution in [-0.4, -0.2) is 26.1 Å². The van der Waals surface area contributed by atoms with Crippen molar-refractivity contribution < 1.29 is 17.6 Å². The highest BCUT2D eigenvalue weighted by Gasteiger charge is 2.31. The van der Waals surface area contributed by atoms with Crippen molar-refractivity contribution in [1.82, 2.24) is 5.32 Å². The number of hydrogen-bond acceptors (Lipinski definition) is 4. The Bertz CT molecular complexity index is 587. The number of hydrogen-bond donors (Lipinski definition) is 2. The van der Waals surface area contributed by atoms with Gasteiger partial charge in [0.1, 0.15) is 11.1 Å². The van der Waals surface area contributed by atoms with Crippen molar-refractivity contribution in [2.24, 2.45) is 0 Å². The van der Waals surface area contributed by atoms with E-state index in [-0.39, 0.29) is 10.6 Å². The third kappa shape index (κ3) is 3.69. The predicted molar refractivity (Wildman–Crippen MR) is 75.4 cm³/mol. The van der Waals surface area contributed by atoms with Crippen LogP contribution in [0, 0.1) is 5.82 Å². The number of carbonyl (C=O) groups is 1. The summed E-state index contributed by atoms with van der Waals surface area (Å²) in [6, 6.07) is 3.01. The normalized spacial score (nSPS) is 12.9. The van der Waals surface area contributed by atoms with E-state index < -0.39 is 26.8 Å². The van der Waals surface area contributed by atoms with Crippen LogP contribution in [0.3, 0.4) is 0 Å². The summed E-state index contributed by atoms with van der Waals surface area (Å²) in [6.07, 6.45) is 1.67. The summed E-state index contributed by atoms with van der Waals surface area (Å²) in [4.78, 5) is 11.6. The lowest BCUT2D eigenvalue weighted by molar-refractivity contribution is -0.120. The number of rotatable bonds is 6. The Morgan fingerprint density at radius 2 is 2.10 bits per heavy atom. The Balaban J connectivity index is 2.95. The molecule has 0 spiro atoms. The second-order valence-electron chi connectivity index (χ2n) is 4.51. The third-order valence-electron chi connectivity index (χ3n) is 2.94. The fourth-order valence-corrected chi connectivity index (χ4v) is 3.03. The molecule has 5 nitrogen and oxygen atoms in total. The van der Waals surface area contributed by atoms with Crippen LogP contribution in [0.25, 0.3) is 0 Å². The van der Waals surface area contributed by atoms with E-state index in [9.17, 15) is 17.6 Å². The van der Waals surface area contributed by atoms with Gasteiger partial charge < -0.3 is 11.1 Å². The van der Waals surface area contributed by atoms with Gasteiger partial charge in [-0.3, -0.25) is 4.79 Å². The number of anilines is 1. The van der Waals surface area contributed by atoms with Crippen LogP contribution in [0.4, 0.5) is 10.1 Å². The van der Waals surface area contributed by atoms with E-state index in [1.807, 2.05) is 6.92 Å². The van der Waals surface area contributed by atoms with Gasteiger partial charge in [0, 0.05) is 6.54 Å². The van der Waals surface area contributed by atoms with Crippen molar-refractivity contribution in [3.8, 4) is 0 Å². The molecule has 1 atom stereocenters. The molecular weight excluding hydrogens is 283 g/mol. The molecule has 7 heteroatoms. The van der Waals surface area contributed by atoms with Crippen LogP contribution in [0.5, 0.6) is 0 Å². The van der Waals surface area contributed by atoms with Gasteiger partial charge in [0.05, 0.1) is 10.6 Å². The summed E-state index contributed by atoms with van der Waals surface area (Å²) in [7, 11) is -3.93. The molecule has 0 saturated carbocycles. The Kier molecular flexibility index (Phi) is 5.50. The van der Waals surface area contributed by atoms with Gasteiger partial charge >= 0.3 is 0 Å². The Morgan fingerprint density at radius 3 is 2.65 bits per heavy atom. The highest BCUT2D eigenvalue weighted by atomic mass is 32.2. The molecule has 1 aromatic carbocycles. The zero-order chi connectivity index (χ0) is 15.3. The van der Waals surface area contributed by atoms with Crippen LogP contribution in [-0.2, 0) is 14.6 Å². The fourth-order valence-electron chi connectivity index (χ4n) is 1.64. The summed E-state index contributed by atoms with van der Waals surface area (Å²) in [5.74, 6) is -1.20. The standard InChI is InChI=1S/C13H19FN2O3S/c1-3-4-7-16-13(17)9(2)20(18,19)12-6-5-10(14)8-11(12)15/h5-6,8-9H,3-4,7,15H2,1-2H3,(H,16,17). The maximum atomic E-state index is 12.9. The summed E-state index contributed by atoms with van der Waals surface area (Å²) in [5.41, 5.74) is 5.32. The zero-order valence-corrected chi connectivity index (χ0v) is 12.3. The number of benzene rings is 1. The van der Waals surface area contributed by atoms with Crippen molar-refractivity contribution in [2.75, 3.05) is 12.3 Å². The lowest BCUT2D eigenvalue weighted by Crippen LogP contribution is -2.38. The molecule has 1 amide bonds. The maximum Gasteiger partial charge on any atom is 0.238 e. The SMILES string of the molecule is CCCCNC(=O)C(C)S(=O)(=O)c1ccc(F)cc1N. The highest BCUT2D eigenvalue weighted by Crippen LogP contribution is 2.23. The van der Waals surface area contributed by atoms with Crippen LogP contribution < -0.4 is 11.1 Å². The summed E-state index contributed by atoms with van der Waals surface area (Å²) < 4.78 is 37.5. The van der Waals surface area contributed by atoms with Gasteiger partial charge in [-0.2, -0.15) is 0 Å². The molecule has 0 aliphatic rings. The summed E-state index contributed by atoms with van der Waals surface area (Å²) in [6.45, 7) is 3.68. The van der Waals surface area contributed by atoms with E-state index in [1.54, 1.807) is 0 Å². The average molecular weight is 302 g/mol. The first-order valence-electron chi connectivity index (χ1n) is 6.37. The number of carbonyl (C=O) groups excluding carboxylic acids is 1. The van der Waals surface area contributed by atoms with Crippen LogP contribution in [0.1, 0.15) is 26.7 Å². The van der Waals surface area contributed by atoms with Crippen molar-refractivity contribution in [2.45, 2.75) is 36.8 Å². The van der Waals surface area contributed by atoms with E-state index in [0.717, 1.165) is 31.0 Å². The number of nitrogens with one attached hydrogen (secondary N) is 1. The van der Waals surface area contributed by atoms with Crippen molar-refractivity contribution in [3.63, 3.8) is 0 Å². The zero-order valence-electron chi connectivity index (χ0n) is 11.5. The summed E-state index contributed by atoms with van der Waals surface area (Å²) >= 11 is 0. The minimum Gasteiger partial charge on any atom is -0.398 e. The molecule has 1 rings (SSSR count). The average Bonchev–Trinajstić information content (AvgIpc) is 2.37. The molecule has 0 fully saturated rings. The fraction of sp³-hybridized carbons (Fsp3) is 0.462. The lowest BCUT2D eigenvalue weighted by Gasteiger charge is -2.14. The quantitative estimate of drug-likeness (QED) is 0.473. The predicted octanol–water partition coefficient (Wildman–Crippen LogP) is 1.49. The molecule has 20 heavy (non-hydrogen) atoms. The van der Waals surface area contributed by atoms with Gasteiger partial charge in [0.15, 0.2) is 9.84 Å². The van der Waals surface area contributed by atoms with Gasteiger partial charge in [-0.1, -0.05) is 13.3 Å². The molecule has 0 bridgehead atoms. The van der Waals surface area contributed by atoms with Crippen LogP contribution in [0.15, 0.2) is 23.1 Å². The topological polar surface area (TPSA) is 89.3 Å². The number of nitrogen functional groups attached to an aromatic ring is 1. The Morgan fingerprint density at radius 1 is 1.45 bits per heavy atom. The molecule has 0 aliphatic heterocycles. The number of nitrogens with two attached hydrogens (primary N) is 1. The van der Waals surface area contributed by atoms with E-state index in [4.69, 9.17) is 5.73 Å². The molecule has 0 heterocycles. The van der Waals surface area contributed by atoms with Gasteiger partial charge in [0.2, 0.25) is 5.91 Å². The second-order valence-corrected chi connectivity index (χ2v) is 6.75. The van der Waals surface area contributed by atoms with Gasteiger partial charge in [-0.15, -0.1) is 0 Å². The molecule has 3 N–H and O–H groups in total. The largest absolute Gasteiger partial charge is 0.398 e. The number of amides is 1. The first-order chi connectivity index (χ1) is 9.30. The second kappa shape index (κ2) is 6.69. The first-order valence-corrected chi connectivity index (χ1v) is 7.92. The molecule has 1 aromatic rings. The minimum absolute atomic E-state index is 0.196. The van der Waals surface area contributed by atoms with Gasteiger partial charge in [-0.25, -0.2) is 12.8 Å². The Labute approximate surface area is 118 Å². The molecular formula is C13H19FN2O3S. The van der Waals surface area contributed by atoms with Crippen molar-refractivity contribution >= 4 is 21.4 Å². The molecule has 0 aromatic heterocycles. The van der Waals surface area contributed by atoms with Gasteiger partial charge in [0.25, 0.3) is 0 Å². The number of sulfone groups is 1. The smallest absolute Gasteiger partial charge is 0.238 e. The van der Waals surface area contributed by atoms with E-state index in [0.29, 0.717) is 6.54 Å². The number of halogens is 1. The lowest BCUT2D eigenvalue weighted by atomic mass is 10.3. The van der Waals surface area contributed by atoms with Crippen molar-refractivity contribution in [1.29, 1.82) is 0 Å². The molecule has 0 saturated heterocycles. The highest BCUT2D eigenvalue weighted by molar-refractivity contribution is 7.93. The van der Waals surface area contributed by atoms with E-state index in [1.165, 1.54) is 6.92 Å². The van der Waals surface area contributed by atoms with E-state index in [2.05, 4.69) is 5.32 Å². The minimum atomic E-state index is -3.93. The molecule has 112 valence electrons. The van der Waals surface area contributed by atoms with Crippen LogP contribution in [0.2, 0.25) is 0 Å². The Hall–Kier alpha value is -1.63. The first kappa shape index (κ1) is 16.4. The van der Waals surface area contributed by atoms with E-state index >= 15 is 0 Å². The summed E-state index contributed by atoms with van der Waals surface area (Å²) in [5, 5.41) is 1.29. The molecule has 1 unspecified atom stereocenters. The third-order valence-corrected chi connectivity index (χ3v) is 5.07. The molecule has 0 aliphatic carbocycles. The van der Waals surface area contributed by atoms with Crippen LogP contribution >= 0.6 is 0 Å². The van der Waals surface area contributed by atoms with Gasteiger partial charge in [-0.05, 0) is 31.5 Å². The van der Waals surface area contributed by atoms with Crippen molar-refractivity contribution in [3.05, 3.63) is 24.0 Å². The monoisotopic (exact) mass is 302 g/mol. The number of unbranched alkanes of at least 4 members (excludes halogenated alkanes) is 1. The molecule has 0 radical (unpaired) electrons. The maximum absolute atomic E-state index is 12.9.